The second-order valence-electron chi connectivity index (χ2n) is 4.56. The third-order valence-electron chi connectivity index (χ3n) is 3.20. The fraction of sp³-hybridized carbons (Fsp3) is 0.308. The number of hydrogen-bond acceptors (Lipinski definition) is 3. The lowest BCUT2D eigenvalue weighted by Gasteiger charge is -2.18. The van der Waals surface area contributed by atoms with Crippen LogP contribution in [0.4, 0.5) is 0 Å². The van der Waals surface area contributed by atoms with Crippen LogP contribution in [-0.2, 0) is 13.5 Å². The van der Waals surface area contributed by atoms with Crippen molar-refractivity contribution in [3.05, 3.63) is 48.6 Å². The van der Waals surface area contributed by atoms with Gasteiger partial charge in [-0.2, -0.15) is 5.10 Å². The molecule has 0 radical (unpaired) electrons. The summed E-state index contributed by atoms with van der Waals surface area (Å²) in [4.78, 5) is 0. The highest BCUT2D eigenvalue weighted by Gasteiger charge is 2.19. The molecule has 0 spiro atoms. The average molecular weight is 467 g/mol. The molecular weight excluding hydrogens is 452 g/mol. The van der Waals surface area contributed by atoms with Gasteiger partial charge >= 0.3 is 0 Å². The molecule has 0 aliphatic heterocycles. The molecule has 1 atom stereocenters. The number of hydrogen-bond donors (Lipinski definition) is 2. The van der Waals surface area contributed by atoms with Crippen LogP contribution in [-0.4, -0.2) is 9.78 Å². The van der Waals surface area contributed by atoms with E-state index in [1.165, 1.54) is 0 Å². The molecule has 0 aliphatic carbocycles. The van der Waals surface area contributed by atoms with Crippen molar-refractivity contribution in [3.8, 4) is 0 Å². The molecule has 7 heteroatoms. The van der Waals surface area contributed by atoms with Crippen molar-refractivity contribution >= 4 is 47.8 Å². The van der Waals surface area contributed by atoms with Crippen LogP contribution in [0.1, 0.15) is 23.0 Å². The molecule has 2 rings (SSSR count). The maximum absolute atomic E-state index is 5.74. The van der Waals surface area contributed by atoms with Crippen LogP contribution in [0.2, 0.25) is 0 Å². The highest BCUT2D eigenvalue weighted by Crippen LogP contribution is 2.30. The van der Waals surface area contributed by atoms with Crippen LogP contribution < -0.4 is 11.3 Å². The first-order chi connectivity index (χ1) is 9.43. The van der Waals surface area contributed by atoms with Gasteiger partial charge in [0.2, 0.25) is 0 Å². The van der Waals surface area contributed by atoms with Crippen LogP contribution in [0.15, 0.2) is 31.6 Å². The third-order valence-corrected chi connectivity index (χ3v) is 5.41. The van der Waals surface area contributed by atoms with E-state index in [0.29, 0.717) is 0 Å². The Labute approximate surface area is 143 Å². The fourth-order valence-corrected chi connectivity index (χ4v) is 3.96. The summed E-state index contributed by atoms with van der Waals surface area (Å²) in [7, 11) is 1.94. The lowest BCUT2D eigenvalue weighted by molar-refractivity contribution is 0.527. The molecule has 3 N–H and O–H groups in total. The Balaban J connectivity index is 2.33. The van der Waals surface area contributed by atoms with Gasteiger partial charge in [0.25, 0.3) is 0 Å². The highest BCUT2D eigenvalue weighted by molar-refractivity contribution is 9.11. The van der Waals surface area contributed by atoms with Crippen LogP contribution in [0.25, 0.3) is 0 Å². The molecule has 108 valence electrons. The maximum Gasteiger partial charge on any atom is 0.0738 e. The number of nitrogens with one attached hydrogen (secondary N) is 1. The number of nitrogens with zero attached hydrogens (tertiary/aromatic N) is 2. The van der Waals surface area contributed by atoms with Gasteiger partial charge in [-0.1, -0.05) is 37.9 Å². The second-order valence-corrected chi connectivity index (χ2v) is 7.12. The van der Waals surface area contributed by atoms with E-state index in [4.69, 9.17) is 5.84 Å². The SMILES string of the molecule is Cc1nn(C)c(CC(NN)c2ccc(Br)cc2Br)c1Br. The first-order valence-corrected chi connectivity index (χ1v) is 8.41. The number of halogens is 3. The first-order valence-electron chi connectivity index (χ1n) is 6.03. The van der Waals surface area contributed by atoms with Crippen LogP contribution >= 0.6 is 47.8 Å². The fourth-order valence-electron chi connectivity index (χ4n) is 2.14. The molecule has 1 aromatic heterocycles. The van der Waals surface area contributed by atoms with Gasteiger partial charge in [-0.05, 0) is 40.5 Å². The first kappa shape index (κ1) is 16.2. The van der Waals surface area contributed by atoms with E-state index in [1.54, 1.807) is 0 Å². The van der Waals surface area contributed by atoms with Crippen molar-refractivity contribution in [3.63, 3.8) is 0 Å². The molecule has 0 aliphatic rings. The largest absolute Gasteiger partial charge is 0.271 e. The van der Waals surface area contributed by atoms with E-state index in [2.05, 4.69) is 64.4 Å². The standard InChI is InChI=1S/C13H15Br3N4/c1-7-13(16)12(20(2)19-7)6-11(18-17)9-4-3-8(14)5-10(9)15/h3-5,11,18H,6,17H2,1-2H3. The molecule has 20 heavy (non-hydrogen) atoms. The van der Waals surface area contributed by atoms with Gasteiger partial charge in [0, 0.05) is 22.4 Å². The number of nitrogens with two attached hydrogens (primary N) is 1. The quantitative estimate of drug-likeness (QED) is 0.533. The summed E-state index contributed by atoms with van der Waals surface area (Å²) in [5.74, 6) is 5.74. The molecule has 1 aromatic carbocycles. The Hall–Kier alpha value is -0.210. The Morgan fingerprint density at radius 2 is 2.05 bits per heavy atom. The summed E-state index contributed by atoms with van der Waals surface area (Å²) in [6.45, 7) is 1.98. The Bertz CT molecular complexity index is 624. The molecular formula is C13H15Br3N4. The van der Waals surface area contributed by atoms with E-state index in [-0.39, 0.29) is 6.04 Å². The van der Waals surface area contributed by atoms with Crippen molar-refractivity contribution in [1.29, 1.82) is 0 Å². The van der Waals surface area contributed by atoms with Gasteiger partial charge in [-0.3, -0.25) is 16.0 Å². The summed E-state index contributed by atoms with van der Waals surface area (Å²) in [5, 5.41) is 4.41. The lowest BCUT2D eigenvalue weighted by atomic mass is 10.0. The number of benzene rings is 1. The predicted molar refractivity (Wildman–Crippen MR) is 91.3 cm³/mol. The maximum atomic E-state index is 5.74. The van der Waals surface area contributed by atoms with Gasteiger partial charge in [-0.25, -0.2) is 0 Å². The highest BCUT2D eigenvalue weighted by atomic mass is 79.9. The summed E-state index contributed by atoms with van der Waals surface area (Å²) >= 11 is 10.6. The van der Waals surface area contributed by atoms with Gasteiger partial charge in [0.05, 0.1) is 21.9 Å². The van der Waals surface area contributed by atoms with E-state index < -0.39 is 0 Å². The van der Waals surface area contributed by atoms with Gasteiger partial charge in [0.15, 0.2) is 0 Å². The van der Waals surface area contributed by atoms with Gasteiger partial charge < -0.3 is 0 Å². The molecule has 0 saturated carbocycles. The Morgan fingerprint density at radius 1 is 1.35 bits per heavy atom. The van der Waals surface area contributed by atoms with Crippen LogP contribution in [0.3, 0.4) is 0 Å². The topological polar surface area (TPSA) is 55.9 Å². The van der Waals surface area contributed by atoms with Crippen molar-refractivity contribution in [2.24, 2.45) is 12.9 Å². The van der Waals surface area contributed by atoms with E-state index >= 15 is 0 Å². The molecule has 0 fully saturated rings. The molecule has 1 unspecified atom stereocenters. The molecule has 0 bridgehead atoms. The molecule has 2 aromatic rings. The summed E-state index contributed by atoms with van der Waals surface area (Å²) in [6.07, 6.45) is 0.745. The van der Waals surface area contributed by atoms with Crippen molar-refractivity contribution < 1.29 is 0 Å². The Kier molecular flexibility index (Phi) is 5.42. The molecule has 0 amide bonds. The third kappa shape index (κ3) is 3.33. The number of rotatable bonds is 4. The number of hydrazine groups is 1. The van der Waals surface area contributed by atoms with Crippen molar-refractivity contribution in [2.75, 3.05) is 0 Å². The molecule has 4 nitrogen and oxygen atoms in total. The van der Waals surface area contributed by atoms with E-state index in [1.807, 2.05) is 30.8 Å². The second kappa shape index (κ2) is 6.70. The Morgan fingerprint density at radius 3 is 2.55 bits per heavy atom. The summed E-state index contributed by atoms with van der Waals surface area (Å²) in [5.41, 5.74) is 6.09. The number of aromatic nitrogens is 2. The van der Waals surface area contributed by atoms with Gasteiger partial charge in [0.1, 0.15) is 0 Å². The van der Waals surface area contributed by atoms with E-state index in [0.717, 1.165) is 36.8 Å². The minimum Gasteiger partial charge on any atom is -0.271 e. The minimum atomic E-state index is 0.00331. The van der Waals surface area contributed by atoms with Gasteiger partial charge in [-0.15, -0.1) is 0 Å². The van der Waals surface area contributed by atoms with Crippen molar-refractivity contribution in [2.45, 2.75) is 19.4 Å². The molecule has 1 heterocycles. The van der Waals surface area contributed by atoms with Crippen molar-refractivity contribution in [1.82, 2.24) is 15.2 Å². The van der Waals surface area contributed by atoms with Crippen LogP contribution in [0.5, 0.6) is 0 Å². The zero-order valence-electron chi connectivity index (χ0n) is 11.1. The summed E-state index contributed by atoms with van der Waals surface area (Å²) < 4.78 is 4.97. The van der Waals surface area contributed by atoms with E-state index in [9.17, 15) is 0 Å². The minimum absolute atomic E-state index is 0.00331. The zero-order chi connectivity index (χ0) is 14.9. The predicted octanol–water partition coefficient (Wildman–Crippen LogP) is 3.76. The smallest absolute Gasteiger partial charge is 0.0738 e. The van der Waals surface area contributed by atoms with Crippen LogP contribution in [0, 0.1) is 6.92 Å². The lowest BCUT2D eigenvalue weighted by Crippen LogP contribution is -2.30. The summed E-state index contributed by atoms with van der Waals surface area (Å²) in [6, 6.07) is 6.08. The normalized spacial score (nSPS) is 12.7. The number of aryl methyl sites for hydroxylation is 2. The monoisotopic (exact) mass is 464 g/mol. The molecule has 0 saturated heterocycles. The average Bonchev–Trinajstić information content (AvgIpc) is 2.62. The zero-order valence-corrected chi connectivity index (χ0v) is 15.9.